The Bertz CT molecular complexity index is 904. The van der Waals surface area contributed by atoms with Crippen LogP contribution in [-0.4, -0.2) is 9.91 Å². The molecule has 0 aliphatic carbocycles. The summed E-state index contributed by atoms with van der Waals surface area (Å²) in [6.45, 7) is 0. The highest BCUT2D eigenvalue weighted by Crippen LogP contribution is 2.33. The Morgan fingerprint density at radius 1 is 1.10 bits per heavy atom. The normalized spacial score (nSPS) is 10.7. The van der Waals surface area contributed by atoms with Crippen LogP contribution in [0.4, 0.5) is 5.69 Å². The van der Waals surface area contributed by atoms with Crippen molar-refractivity contribution >= 4 is 28.2 Å². The van der Waals surface area contributed by atoms with Gasteiger partial charge in [-0.25, -0.2) is 0 Å². The van der Waals surface area contributed by atoms with Gasteiger partial charge >= 0.3 is 0 Å². The van der Waals surface area contributed by atoms with Crippen molar-refractivity contribution in [2.75, 3.05) is 0 Å². The predicted octanol–water partition coefficient (Wildman–Crippen LogP) is 3.76. The maximum atomic E-state index is 11.9. The van der Waals surface area contributed by atoms with Crippen LogP contribution in [0.3, 0.4) is 0 Å². The van der Waals surface area contributed by atoms with Crippen LogP contribution in [-0.2, 0) is 0 Å². The van der Waals surface area contributed by atoms with E-state index in [0.717, 1.165) is 5.56 Å². The Balaban J connectivity index is 2.45. The lowest BCUT2D eigenvalue weighted by Crippen LogP contribution is -2.08. The van der Waals surface area contributed by atoms with E-state index in [4.69, 9.17) is 11.6 Å². The Morgan fingerprint density at radius 2 is 1.81 bits per heavy atom. The molecule has 21 heavy (non-hydrogen) atoms. The van der Waals surface area contributed by atoms with Crippen LogP contribution in [0.1, 0.15) is 0 Å². The van der Waals surface area contributed by atoms with Gasteiger partial charge in [0.25, 0.3) is 11.2 Å². The summed E-state index contributed by atoms with van der Waals surface area (Å²) in [7, 11) is 0. The monoisotopic (exact) mass is 300 g/mol. The molecule has 0 atom stereocenters. The van der Waals surface area contributed by atoms with Crippen molar-refractivity contribution in [3.8, 4) is 11.1 Å². The Kier molecular flexibility index (Phi) is 3.19. The molecule has 0 unspecified atom stereocenters. The van der Waals surface area contributed by atoms with Crippen molar-refractivity contribution in [2.45, 2.75) is 0 Å². The summed E-state index contributed by atoms with van der Waals surface area (Å²) in [5.74, 6) is 0. The number of halogens is 1. The molecule has 6 heteroatoms. The van der Waals surface area contributed by atoms with Crippen molar-refractivity contribution in [2.24, 2.45) is 0 Å². The Morgan fingerprint density at radius 3 is 2.48 bits per heavy atom. The fourth-order valence-electron chi connectivity index (χ4n) is 2.26. The van der Waals surface area contributed by atoms with Crippen LogP contribution in [0.15, 0.2) is 53.3 Å². The fourth-order valence-corrected chi connectivity index (χ4v) is 2.52. The van der Waals surface area contributed by atoms with E-state index in [9.17, 15) is 14.9 Å². The van der Waals surface area contributed by atoms with E-state index in [2.05, 4.69) is 4.98 Å². The third-order valence-electron chi connectivity index (χ3n) is 3.21. The lowest BCUT2D eigenvalue weighted by atomic mass is 10.0. The first-order chi connectivity index (χ1) is 10.1. The molecule has 1 aromatic heterocycles. The molecular weight excluding hydrogens is 292 g/mol. The van der Waals surface area contributed by atoms with E-state index in [-0.39, 0.29) is 10.7 Å². The van der Waals surface area contributed by atoms with Gasteiger partial charge in [0.1, 0.15) is 5.02 Å². The van der Waals surface area contributed by atoms with E-state index < -0.39 is 10.5 Å². The van der Waals surface area contributed by atoms with E-state index >= 15 is 0 Å². The average Bonchev–Trinajstić information content (AvgIpc) is 2.49. The summed E-state index contributed by atoms with van der Waals surface area (Å²) >= 11 is 6.13. The van der Waals surface area contributed by atoms with Gasteiger partial charge in [-0.1, -0.05) is 41.9 Å². The number of H-pyrrole nitrogens is 1. The highest BCUT2D eigenvalue weighted by molar-refractivity contribution is 6.34. The smallest absolute Gasteiger partial charge is 0.270 e. The van der Waals surface area contributed by atoms with Gasteiger partial charge in [0.2, 0.25) is 0 Å². The number of hydrogen-bond acceptors (Lipinski definition) is 3. The summed E-state index contributed by atoms with van der Waals surface area (Å²) in [4.78, 5) is 25.0. The maximum absolute atomic E-state index is 11.9. The molecule has 1 heterocycles. The standard InChI is InChI=1S/C15H9ClN2O3/c16-14-13(9-4-2-1-3-5-9)11-8-10(18(20)21)6-7-12(11)17-15(14)19/h1-8H,(H,17,19). The second-order valence-corrected chi connectivity index (χ2v) is 4.87. The number of aromatic amines is 1. The third kappa shape index (κ3) is 2.28. The van der Waals surface area contributed by atoms with E-state index in [0.29, 0.717) is 16.5 Å². The van der Waals surface area contributed by atoms with E-state index in [1.807, 2.05) is 18.2 Å². The zero-order valence-corrected chi connectivity index (χ0v) is 11.4. The number of non-ortho nitro benzene ring substituents is 1. The number of nitro benzene ring substituents is 1. The van der Waals surface area contributed by atoms with Gasteiger partial charge in [0, 0.05) is 28.6 Å². The first-order valence-electron chi connectivity index (χ1n) is 6.13. The van der Waals surface area contributed by atoms with Crippen molar-refractivity contribution in [1.29, 1.82) is 0 Å². The van der Waals surface area contributed by atoms with Crippen molar-refractivity contribution in [3.63, 3.8) is 0 Å². The number of nitro groups is 1. The van der Waals surface area contributed by atoms with Gasteiger partial charge in [-0.05, 0) is 11.6 Å². The highest BCUT2D eigenvalue weighted by Gasteiger charge is 2.15. The summed E-state index contributed by atoms with van der Waals surface area (Å²) in [5.41, 5.74) is 1.27. The summed E-state index contributed by atoms with van der Waals surface area (Å²) in [6.07, 6.45) is 0. The van der Waals surface area contributed by atoms with Crippen LogP contribution in [0.25, 0.3) is 22.0 Å². The number of hydrogen-bond donors (Lipinski definition) is 1. The molecule has 0 fully saturated rings. The first-order valence-corrected chi connectivity index (χ1v) is 6.51. The molecule has 3 rings (SSSR count). The van der Waals surface area contributed by atoms with E-state index in [1.165, 1.54) is 18.2 Å². The van der Waals surface area contributed by atoms with Gasteiger partial charge in [0.15, 0.2) is 0 Å². The topological polar surface area (TPSA) is 76.0 Å². The SMILES string of the molecule is O=c1[nH]c2ccc([N+](=O)[O-])cc2c(-c2ccccc2)c1Cl. The first kappa shape index (κ1) is 13.3. The van der Waals surface area contributed by atoms with E-state index in [1.54, 1.807) is 12.1 Å². The average molecular weight is 301 g/mol. The summed E-state index contributed by atoms with van der Waals surface area (Å²) < 4.78 is 0. The van der Waals surface area contributed by atoms with Crippen LogP contribution < -0.4 is 5.56 Å². The van der Waals surface area contributed by atoms with Gasteiger partial charge in [0.05, 0.1) is 4.92 Å². The fraction of sp³-hybridized carbons (Fsp3) is 0. The number of benzene rings is 2. The molecule has 0 radical (unpaired) electrons. The molecule has 0 saturated carbocycles. The maximum Gasteiger partial charge on any atom is 0.270 e. The second kappa shape index (κ2) is 5.03. The zero-order chi connectivity index (χ0) is 15.0. The largest absolute Gasteiger partial charge is 0.321 e. The van der Waals surface area contributed by atoms with Crippen LogP contribution in [0.5, 0.6) is 0 Å². The number of nitrogens with zero attached hydrogens (tertiary/aromatic N) is 1. The molecule has 2 aromatic carbocycles. The minimum atomic E-state index is -0.479. The van der Waals surface area contributed by atoms with Crippen molar-refractivity contribution < 1.29 is 4.92 Å². The zero-order valence-electron chi connectivity index (χ0n) is 10.7. The van der Waals surface area contributed by atoms with Gasteiger partial charge in [-0.3, -0.25) is 14.9 Å². The molecule has 0 aliphatic rings. The molecule has 0 amide bonds. The van der Waals surface area contributed by atoms with Gasteiger partial charge in [-0.15, -0.1) is 0 Å². The Labute approximate surface area is 124 Å². The second-order valence-electron chi connectivity index (χ2n) is 4.50. The number of rotatable bonds is 2. The van der Waals surface area contributed by atoms with Gasteiger partial charge in [-0.2, -0.15) is 0 Å². The lowest BCUT2D eigenvalue weighted by molar-refractivity contribution is -0.384. The van der Waals surface area contributed by atoms with Crippen LogP contribution in [0.2, 0.25) is 5.02 Å². The molecule has 104 valence electrons. The molecule has 0 aliphatic heterocycles. The van der Waals surface area contributed by atoms with Crippen LogP contribution >= 0.6 is 11.6 Å². The molecule has 5 nitrogen and oxygen atoms in total. The highest BCUT2D eigenvalue weighted by atomic mass is 35.5. The number of fused-ring (bicyclic) bond motifs is 1. The van der Waals surface area contributed by atoms with Crippen molar-refractivity contribution in [1.82, 2.24) is 4.98 Å². The molecular formula is C15H9ClN2O3. The number of pyridine rings is 1. The predicted molar refractivity (Wildman–Crippen MR) is 81.7 cm³/mol. The quantitative estimate of drug-likeness (QED) is 0.578. The lowest BCUT2D eigenvalue weighted by Gasteiger charge is -2.08. The summed E-state index contributed by atoms with van der Waals surface area (Å²) in [5, 5.41) is 11.5. The molecule has 0 spiro atoms. The molecule has 1 N–H and O–H groups in total. The minimum Gasteiger partial charge on any atom is -0.321 e. The number of aromatic nitrogens is 1. The van der Waals surface area contributed by atoms with Crippen LogP contribution in [0, 0.1) is 10.1 Å². The Hall–Kier alpha value is -2.66. The van der Waals surface area contributed by atoms with Gasteiger partial charge < -0.3 is 4.98 Å². The van der Waals surface area contributed by atoms with Crippen molar-refractivity contribution in [3.05, 3.63) is 74.0 Å². The third-order valence-corrected chi connectivity index (χ3v) is 3.57. The summed E-state index contributed by atoms with van der Waals surface area (Å²) in [6, 6.07) is 13.4. The molecule has 0 bridgehead atoms. The minimum absolute atomic E-state index is 0.0224. The molecule has 0 saturated heterocycles. The number of nitrogens with one attached hydrogen (secondary N) is 1. The molecule has 3 aromatic rings.